The SMILES string of the molecule is CSc1ccc(C=O)c(F)c1. The second kappa shape index (κ2) is 3.53. The molecule has 1 aromatic rings. The van der Waals surface area contributed by atoms with Crippen LogP contribution >= 0.6 is 11.8 Å². The molecule has 0 spiro atoms. The molecular weight excluding hydrogens is 163 g/mol. The van der Waals surface area contributed by atoms with Crippen LogP contribution in [0.25, 0.3) is 0 Å². The summed E-state index contributed by atoms with van der Waals surface area (Å²) in [5, 5.41) is 0. The quantitative estimate of drug-likeness (QED) is 0.500. The van der Waals surface area contributed by atoms with E-state index in [1.165, 1.54) is 23.9 Å². The average Bonchev–Trinajstić information content (AvgIpc) is 2.04. The second-order valence-corrected chi connectivity index (χ2v) is 2.88. The van der Waals surface area contributed by atoms with E-state index in [4.69, 9.17) is 0 Å². The normalized spacial score (nSPS) is 9.64. The topological polar surface area (TPSA) is 17.1 Å². The van der Waals surface area contributed by atoms with E-state index in [9.17, 15) is 9.18 Å². The zero-order valence-electron chi connectivity index (χ0n) is 6.00. The summed E-state index contributed by atoms with van der Waals surface area (Å²) < 4.78 is 12.8. The van der Waals surface area contributed by atoms with Crippen LogP contribution in [0.2, 0.25) is 0 Å². The molecule has 0 N–H and O–H groups in total. The molecule has 0 unspecified atom stereocenters. The highest BCUT2D eigenvalue weighted by molar-refractivity contribution is 7.98. The summed E-state index contributed by atoms with van der Waals surface area (Å²) in [7, 11) is 0. The number of hydrogen-bond acceptors (Lipinski definition) is 2. The Hall–Kier alpha value is -0.830. The Morgan fingerprint density at radius 1 is 1.55 bits per heavy atom. The third-order valence-electron chi connectivity index (χ3n) is 1.33. The van der Waals surface area contributed by atoms with Crippen molar-refractivity contribution in [1.29, 1.82) is 0 Å². The number of aldehydes is 1. The van der Waals surface area contributed by atoms with E-state index in [1.54, 1.807) is 6.07 Å². The van der Waals surface area contributed by atoms with Gasteiger partial charge in [0.05, 0.1) is 5.56 Å². The van der Waals surface area contributed by atoms with Gasteiger partial charge in [-0.25, -0.2) is 4.39 Å². The average molecular weight is 170 g/mol. The zero-order valence-corrected chi connectivity index (χ0v) is 6.82. The fourth-order valence-corrected chi connectivity index (χ4v) is 1.16. The van der Waals surface area contributed by atoms with E-state index in [1.807, 2.05) is 6.26 Å². The van der Waals surface area contributed by atoms with Crippen molar-refractivity contribution in [3.05, 3.63) is 29.6 Å². The number of carbonyl (C=O) groups excluding carboxylic acids is 1. The molecule has 0 aliphatic carbocycles. The molecule has 1 nitrogen and oxygen atoms in total. The van der Waals surface area contributed by atoms with Gasteiger partial charge in [0.1, 0.15) is 5.82 Å². The molecule has 0 radical (unpaired) electrons. The van der Waals surface area contributed by atoms with Gasteiger partial charge in [-0.05, 0) is 24.5 Å². The first-order chi connectivity index (χ1) is 5.27. The van der Waals surface area contributed by atoms with Crippen molar-refractivity contribution < 1.29 is 9.18 Å². The fourth-order valence-electron chi connectivity index (χ4n) is 0.730. The van der Waals surface area contributed by atoms with E-state index >= 15 is 0 Å². The maximum Gasteiger partial charge on any atom is 0.152 e. The fraction of sp³-hybridized carbons (Fsp3) is 0.125. The van der Waals surface area contributed by atoms with Crippen LogP contribution in [0.4, 0.5) is 4.39 Å². The Kier molecular flexibility index (Phi) is 2.65. The number of hydrogen-bond donors (Lipinski definition) is 0. The van der Waals surface area contributed by atoms with Crippen molar-refractivity contribution in [2.45, 2.75) is 4.90 Å². The van der Waals surface area contributed by atoms with Crippen LogP contribution in [0, 0.1) is 5.82 Å². The lowest BCUT2D eigenvalue weighted by atomic mass is 10.2. The molecule has 0 aromatic heterocycles. The molecule has 1 rings (SSSR count). The molecule has 58 valence electrons. The minimum absolute atomic E-state index is 0.114. The Morgan fingerprint density at radius 2 is 2.27 bits per heavy atom. The zero-order chi connectivity index (χ0) is 8.27. The molecule has 0 saturated heterocycles. The first kappa shape index (κ1) is 8.27. The van der Waals surface area contributed by atoms with Crippen LogP contribution in [-0.2, 0) is 0 Å². The third kappa shape index (κ3) is 1.80. The standard InChI is InChI=1S/C8H7FOS/c1-11-7-3-2-6(5-10)8(9)4-7/h2-5H,1H3. The summed E-state index contributed by atoms with van der Waals surface area (Å²) in [4.78, 5) is 11.0. The molecule has 0 heterocycles. The molecule has 0 bridgehead atoms. The Balaban J connectivity index is 3.09. The highest BCUT2D eigenvalue weighted by Crippen LogP contribution is 2.16. The van der Waals surface area contributed by atoms with Crippen LogP contribution < -0.4 is 0 Å². The highest BCUT2D eigenvalue weighted by atomic mass is 32.2. The third-order valence-corrected chi connectivity index (χ3v) is 2.06. The number of halogens is 1. The second-order valence-electron chi connectivity index (χ2n) is 2.01. The predicted molar refractivity (Wildman–Crippen MR) is 43.6 cm³/mol. The first-order valence-electron chi connectivity index (χ1n) is 3.06. The van der Waals surface area contributed by atoms with Crippen molar-refractivity contribution in [2.75, 3.05) is 6.26 Å². The maximum atomic E-state index is 12.8. The van der Waals surface area contributed by atoms with Crippen molar-refractivity contribution in [2.24, 2.45) is 0 Å². The van der Waals surface area contributed by atoms with E-state index in [0.29, 0.717) is 6.29 Å². The van der Waals surface area contributed by atoms with Gasteiger partial charge in [-0.1, -0.05) is 0 Å². The van der Waals surface area contributed by atoms with Crippen LogP contribution in [0.1, 0.15) is 10.4 Å². The van der Waals surface area contributed by atoms with E-state index in [2.05, 4.69) is 0 Å². The van der Waals surface area contributed by atoms with Crippen molar-refractivity contribution >= 4 is 18.0 Å². The smallest absolute Gasteiger partial charge is 0.152 e. The largest absolute Gasteiger partial charge is 0.298 e. The lowest BCUT2D eigenvalue weighted by molar-refractivity contribution is 0.111. The molecule has 0 fully saturated rings. The maximum absolute atomic E-state index is 12.8. The van der Waals surface area contributed by atoms with Gasteiger partial charge in [-0.3, -0.25) is 4.79 Å². The summed E-state index contributed by atoms with van der Waals surface area (Å²) in [6.45, 7) is 0. The van der Waals surface area contributed by atoms with Crippen LogP contribution in [0.15, 0.2) is 23.1 Å². The summed E-state index contributed by atoms with van der Waals surface area (Å²) >= 11 is 1.45. The van der Waals surface area contributed by atoms with Crippen molar-refractivity contribution in [3.8, 4) is 0 Å². The Morgan fingerprint density at radius 3 is 2.73 bits per heavy atom. The Labute approximate surface area is 68.6 Å². The van der Waals surface area contributed by atoms with Gasteiger partial charge in [0, 0.05) is 4.90 Å². The molecule has 0 amide bonds. The lowest BCUT2D eigenvalue weighted by Gasteiger charge is -1.96. The summed E-state index contributed by atoms with van der Waals surface area (Å²) in [6, 6.07) is 4.56. The van der Waals surface area contributed by atoms with Crippen LogP contribution in [-0.4, -0.2) is 12.5 Å². The van der Waals surface area contributed by atoms with E-state index in [-0.39, 0.29) is 5.56 Å². The number of benzene rings is 1. The minimum Gasteiger partial charge on any atom is -0.298 e. The molecule has 0 aliphatic rings. The molecule has 0 aliphatic heterocycles. The van der Waals surface area contributed by atoms with Gasteiger partial charge in [-0.15, -0.1) is 11.8 Å². The summed E-state index contributed by atoms with van der Waals surface area (Å²) in [6.07, 6.45) is 2.37. The molecule has 3 heteroatoms. The molecular formula is C8H7FOS. The number of thioether (sulfide) groups is 1. The molecule has 11 heavy (non-hydrogen) atoms. The van der Waals surface area contributed by atoms with Crippen molar-refractivity contribution in [3.63, 3.8) is 0 Å². The van der Waals surface area contributed by atoms with Crippen LogP contribution in [0.3, 0.4) is 0 Å². The predicted octanol–water partition coefficient (Wildman–Crippen LogP) is 2.36. The molecule has 0 atom stereocenters. The van der Waals surface area contributed by atoms with Gasteiger partial charge in [0.15, 0.2) is 6.29 Å². The molecule has 0 saturated carbocycles. The monoisotopic (exact) mass is 170 g/mol. The van der Waals surface area contributed by atoms with E-state index in [0.717, 1.165) is 4.90 Å². The van der Waals surface area contributed by atoms with Crippen LogP contribution in [0.5, 0.6) is 0 Å². The minimum atomic E-state index is -0.452. The number of carbonyl (C=O) groups is 1. The summed E-state index contributed by atoms with van der Waals surface area (Å²) in [5.74, 6) is -0.452. The first-order valence-corrected chi connectivity index (χ1v) is 4.29. The Bertz CT molecular complexity index is 273. The van der Waals surface area contributed by atoms with Gasteiger partial charge < -0.3 is 0 Å². The van der Waals surface area contributed by atoms with Gasteiger partial charge in [0.25, 0.3) is 0 Å². The lowest BCUT2D eigenvalue weighted by Crippen LogP contribution is -1.86. The van der Waals surface area contributed by atoms with Gasteiger partial charge >= 0.3 is 0 Å². The highest BCUT2D eigenvalue weighted by Gasteiger charge is 2.00. The van der Waals surface area contributed by atoms with Gasteiger partial charge in [-0.2, -0.15) is 0 Å². The molecule has 1 aromatic carbocycles. The summed E-state index contributed by atoms with van der Waals surface area (Å²) in [5.41, 5.74) is 0.114. The van der Waals surface area contributed by atoms with E-state index < -0.39 is 5.82 Å². The number of rotatable bonds is 2. The van der Waals surface area contributed by atoms with Crippen molar-refractivity contribution in [1.82, 2.24) is 0 Å². The van der Waals surface area contributed by atoms with Gasteiger partial charge in [0.2, 0.25) is 0 Å².